The molecule has 0 aromatic heterocycles. The summed E-state index contributed by atoms with van der Waals surface area (Å²) in [5, 5.41) is 26.2. The van der Waals surface area contributed by atoms with Crippen molar-refractivity contribution in [1.29, 1.82) is 0 Å². The van der Waals surface area contributed by atoms with Crippen molar-refractivity contribution < 1.29 is 49.1 Å². The van der Waals surface area contributed by atoms with Gasteiger partial charge in [0, 0.05) is 11.1 Å². The minimum atomic E-state index is -5.15. The Balaban J connectivity index is 2.36. The fourth-order valence-corrected chi connectivity index (χ4v) is 4.84. The molecular formula is C16H12ClN3O11S3. The largest absolute Gasteiger partial charge is 0.505 e. The summed E-state index contributed by atoms with van der Waals surface area (Å²) < 4.78 is 97.3. The van der Waals surface area contributed by atoms with E-state index in [9.17, 15) is 49.1 Å². The van der Waals surface area contributed by atoms with E-state index in [0.29, 0.717) is 18.2 Å². The monoisotopic (exact) mass is 553 g/mol. The molecule has 0 radical (unpaired) electrons. The van der Waals surface area contributed by atoms with Crippen LogP contribution in [0, 0.1) is 0 Å². The molecule has 0 amide bonds. The summed E-state index contributed by atoms with van der Waals surface area (Å²) in [5.41, 5.74) is 3.66. The van der Waals surface area contributed by atoms with E-state index in [4.69, 9.17) is 17.3 Å². The van der Waals surface area contributed by atoms with Crippen molar-refractivity contribution in [3.8, 4) is 11.5 Å². The molecule has 34 heavy (non-hydrogen) atoms. The number of phenolic OH excluding ortho intramolecular Hbond substituents is 2. The van der Waals surface area contributed by atoms with Crippen LogP contribution in [0.25, 0.3) is 10.8 Å². The Morgan fingerprint density at radius 2 is 1.29 bits per heavy atom. The molecule has 14 nitrogen and oxygen atoms in total. The van der Waals surface area contributed by atoms with Crippen LogP contribution < -0.4 is 5.73 Å². The second-order valence-electron chi connectivity index (χ2n) is 6.58. The molecule has 7 N–H and O–H groups in total. The highest BCUT2D eigenvalue weighted by Crippen LogP contribution is 2.45. The number of hydrogen-bond donors (Lipinski definition) is 6. The molecular weight excluding hydrogens is 542 g/mol. The lowest BCUT2D eigenvalue weighted by molar-refractivity contribution is 0.471. The van der Waals surface area contributed by atoms with Crippen LogP contribution in [0.2, 0.25) is 5.02 Å². The van der Waals surface area contributed by atoms with E-state index in [2.05, 4.69) is 10.2 Å². The van der Waals surface area contributed by atoms with Crippen molar-refractivity contribution in [2.75, 3.05) is 5.73 Å². The fourth-order valence-electron chi connectivity index (χ4n) is 2.82. The molecule has 0 heterocycles. The lowest BCUT2D eigenvalue weighted by Crippen LogP contribution is -2.02. The zero-order valence-electron chi connectivity index (χ0n) is 16.1. The maximum absolute atomic E-state index is 11.9. The highest BCUT2D eigenvalue weighted by atomic mass is 35.5. The summed E-state index contributed by atoms with van der Waals surface area (Å²) in [6, 6.07) is 3.50. The normalized spacial score (nSPS) is 13.1. The first-order valence-corrected chi connectivity index (χ1v) is 13.1. The summed E-state index contributed by atoms with van der Waals surface area (Å²) in [5.74, 6) is -1.84. The Morgan fingerprint density at radius 3 is 1.82 bits per heavy atom. The maximum atomic E-state index is 11.9. The summed E-state index contributed by atoms with van der Waals surface area (Å²) >= 11 is 5.69. The van der Waals surface area contributed by atoms with Gasteiger partial charge in [-0.25, -0.2) is 0 Å². The minimum absolute atomic E-state index is 0.337. The van der Waals surface area contributed by atoms with E-state index in [1.807, 2.05) is 0 Å². The number of benzene rings is 3. The van der Waals surface area contributed by atoms with Crippen LogP contribution in [-0.4, -0.2) is 49.1 Å². The standard InChI is InChI=1S/C16H12ClN3O11S3/c17-9-3-8(33(26,27)28)5-11(15(9)21)19-20-14-12(34(29,30)31)2-6-1-7(32(23,24)25)4-10(18)13(6)16(14)22/h1-5,21-22H,18H2,(H,23,24,25)(H,26,27,28)(H,29,30,31). The number of anilines is 1. The number of azo groups is 1. The highest BCUT2D eigenvalue weighted by Gasteiger charge is 2.25. The predicted molar refractivity (Wildman–Crippen MR) is 117 cm³/mol. The van der Waals surface area contributed by atoms with E-state index < -0.39 is 78.6 Å². The van der Waals surface area contributed by atoms with Gasteiger partial charge in [0.2, 0.25) is 0 Å². The third-order valence-corrected chi connectivity index (χ3v) is 7.12. The van der Waals surface area contributed by atoms with Gasteiger partial charge in [-0.2, -0.15) is 25.3 Å². The molecule has 0 aliphatic rings. The molecule has 0 atom stereocenters. The predicted octanol–water partition coefficient (Wildman–Crippen LogP) is 2.64. The second-order valence-corrected chi connectivity index (χ2v) is 11.2. The van der Waals surface area contributed by atoms with Gasteiger partial charge in [-0.05, 0) is 35.7 Å². The first kappa shape index (κ1) is 25.6. The smallest absolute Gasteiger partial charge is 0.296 e. The van der Waals surface area contributed by atoms with Gasteiger partial charge in [0.1, 0.15) is 16.3 Å². The summed E-state index contributed by atoms with van der Waals surface area (Å²) in [6.45, 7) is 0. The van der Waals surface area contributed by atoms with Gasteiger partial charge < -0.3 is 15.9 Å². The van der Waals surface area contributed by atoms with E-state index >= 15 is 0 Å². The molecule has 3 rings (SSSR count). The lowest BCUT2D eigenvalue weighted by atomic mass is 10.1. The third-order valence-electron chi connectivity index (χ3n) is 4.30. The van der Waals surface area contributed by atoms with E-state index in [0.717, 1.165) is 12.1 Å². The Hall–Kier alpha value is -3.06. The molecule has 0 aliphatic carbocycles. The van der Waals surface area contributed by atoms with Crippen LogP contribution in [-0.2, 0) is 30.4 Å². The Kier molecular flexibility index (Phi) is 6.25. The van der Waals surface area contributed by atoms with Crippen molar-refractivity contribution in [3.05, 3.63) is 35.4 Å². The number of halogens is 1. The van der Waals surface area contributed by atoms with Crippen LogP contribution in [0.15, 0.2) is 55.2 Å². The lowest BCUT2D eigenvalue weighted by Gasteiger charge is -2.12. The average molecular weight is 554 g/mol. The average Bonchev–Trinajstić information content (AvgIpc) is 2.67. The molecule has 0 saturated heterocycles. The van der Waals surface area contributed by atoms with Crippen molar-refractivity contribution >= 4 is 69.8 Å². The second kappa shape index (κ2) is 8.31. The van der Waals surface area contributed by atoms with Crippen molar-refractivity contribution in [2.24, 2.45) is 10.2 Å². The quantitative estimate of drug-likeness (QED) is 0.151. The number of rotatable bonds is 5. The first-order chi connectivity index (χ1) is 15.4. The van der Waals surface area contributed by atoms with Crippen molar-refractivity contribution in [1.82, 2.24) is 0 Å². The molecule has 0 aliphatic heterocycles. The number of nitrogens with zero attached hydrogens (tertiary/aromatic N) is 2. The van der Waals surface area contributed by atoms with Crippen LogP contribution in [0.1, 0.15) is 0 Å². The topological polar surface area (TPSA) is 254 Å². The van der Waals surface area contributed by atoms with E-state index in [1.54, 1.807) is 0 Å². The van der Waals surface area contributed by atoms with Crippen LogP contribution >= 0.6 is 11.6 Å². The molecule has 18 heteroatoms. The van der Waals surface area contributed by atoms with Gasteiger partial charge in [0.05, 0.1) is 14.8 Å². The Labute approximate surface area is 196 Å². The molecule has 0 saturated carbocycles. The van der Waals surface area contributed by atoms with E-state index in [1.165, 1.54) is 0 Å². The minimum Gasteiger partial charge on any atom is -0.505 e. The van der Waals surface area contributed by atoms with E-state index in [-0.39, 0.29) is 10.8 Å². The van der Waals surface area contributed by atoms with Crippen molar-refractivity contribution in [3.63, 3.8) is 0 Å². The maximum Gasteiger partial charge on any atom is 0.296 e. The van der Waals surface area contributed by atoms with Gasteiger partial charge in [-0.3, -0.25) is 13.7 Å². The molecule has 0 bridgehead atoms. The number of nitrogens with two attached hydrogens (primary N) is 1. The fraction of sp³-hybridized carbons (Fsp3) is 0. The summed E-state index contributed by atoms with van der Waals surface area (Å²) in [7, 11) is -14.7. The molecule has 3 aromatic carbocycles. The van der Waals surface area contributed by atoms with Gasteiger partial charge >= 0.3 is 0 Å². The third kappa shape index (κ3) is 4.89. The number of phenols is 2. The molecule has 182 valence electrons. The summed E-state index contributed by atoms with van der Waals surface area (Å²) in [4.78, 5) is -2.64. The Morgan fingerprint density at radius 1 is 0.735 bits per heavy atom. The Bertz CT molecular complexity index is 1720. The van der Waals surface area contributed by atoms with Crippen LogP contribution in [0.4, 0.5) is 17.1 Å². The molecule has 3 aromatic rings. The number of nitrogen functional groups attached to an aromatic ring is 1. The first-order valence-electron chi connectivity index (χ1n) is 8.37. The summed E-state index contributed by atoms with van der Waals surface area (Å²) in [6.07, 6.45) is 0. The number of fused-ring (bicyclic) bond motifs is 1. The van der Waals surface area contributed by atoms with Crippen molar-refractivity contribution in [2.45, 2.75) is 14.7 Å². The van der Waals surface area contributed by atoms with Crippen LogP contribution in [0.3, 0.4) is 0 Å². The van der Waals surface area contributed by atoms with Gasteiger partial charge in [0.15, 0.2) is 11.5 Å². The zero-order valence-corrected chi connectivity index (χ0v) is 19.4. The van der Waals surface area contributed by atoms with Crippen LogP contribution in [0.5, 0.6) is 11.5 Å². The number of hydrogen-bond acceptors (Lipinski definition) is 11. The SMILES string of the molecule is Nc1cc(S(=O)(=O)O)cc2cc(S(=O)(=O)O)c(N=Nc3cc(S(=O)(=O)O)cc(Cl)c3O)c(O)c12. The van der Waals surface area contributed by atoms with Gasteiger partial charge in [0.25, 0.3) is 30.4 Å². The van der Waals surface area contributed by atoms with Gasteiger partial charge in [-0.15, -0.1) is 10.2 Å². The van der Waals surface area contributed by atoms with Gasteiger partial charge in [-0.1, -0.05) is 11.6 Å². The molecule has 0 fully saturated rings. The zero-order chi connectivity index (χ0) is 25.8. The molecule has 0 spiro atoms. The highest BCUT2D eigenvalue weighted by molar-refractivity contribution is 7.86. The number of aromatic hydroxyl groups is 2. The molecule has 0 unspecified atom stereocenters.